The molecule has 0 unspecified atom stereocenters. The van der Waals surface area contributed by atoms with Crippen LogP contribution in [-0.4, -0.2) is 22.4 Å². The van der Waals surface area contributed by atoms with E-state index in [1.54, 1.807) is 13.0 Å². The minimum absolute atomic E-state index is 0.0677. The smallest absolute Gasteiger partial charge is 0.233 e. The van der Waals surface area contributed by atoms with Crippen molar-refractivity contribution in [1.82, 2.24) is 5.32 Å². The van der Waals surface area contributed by atoms with Gasteiger partial charge in [-0.05, 0) is 24.6 Å². The second-order valence-electron chi connectivity index (χ2n) is 3.43. The molecule has 2 N–H and O–H groups in total. The highest BCUT2D eigenvalue weighted by Gasteiger charge is 2.12. The number of hydrogen-bond acceptors (Lipinski definition) is 2. The molecule has 3 nitrogen and oxygen atoms in total. The molecule has 88 valence electrons. The minimum atomic E-state index is -0.897. The van der Waals surface area contributed by atoms with E-state index in [1.165, 1.54) is 18.2 Å². The van der Waals surface area contributed by atoms with Gasteiger partial charge in [-0.25, -0.2) is 4.39 Å². The molecule has 1 amide bonds. The van der Waals surface area contributed by atoms with Crippen LogP contribution in [0.15, 0.2) is 24.3 Å². The highest BCUT2D eigenvalue weighted by molar-refractivity contribution is 9.10. The van der Waals surface area contributed by atoms with Gasteiger partial charge in [0, 0.05) is 6.54 Å². The summed E-state index contributed by atoms with van der Waals surface area (Å²) in [6, 6.07) is 5.67. The topological polar surface area (TPSA) is 49.3 Å². The Hall–Kier alpha value is -0.940. The van der Waals surface area contributed by atoms with Crippen molar-refractivity contribution in [3.05, 3.63) is 35.6 Å². The molecular formula is C11H13BrFNO2. The van der Waals surface area contributed by atoms with Crippen LogP contribution in [0.4, 0.5) is 4.39 Å². The largest absolute Gasteiger partial charge is 0.387 e. The molecular weight excluding hydrogens is 277 g/mol. The van der Waals surface area contributed by atoms with Crippen LogP contribution in [0.25, 0.3) is 0 Å². The SMILES string of the molecule is C[C@@H](Br)C(=O)NC[C@H](O)c1cccc(F)c1. The van der Waals surface area contributed by atoms with Crippen molar-refractivity contribution < 1.29 is 14.3 Å². The summed E-state index contributed by atoms with van der Waals surface area (Å²) in [4.78, 5) is 10.9. The Labute approximate surface area is 102 Å². The van der Waals surface area contributed by atoms with E-state index >= 15 is 0 Å². The predicted molar refractivity (Wildman–Crippen MR) is 62.8 cm³/mol. The van der Waals surface area contributed by atoms with Gasteiger partial charge in [0.05, 0.1) is 10.9 Å². The van der Waals surface area contributed by atoms with Gasteiger partial charge in [0.15, 0.2) is 0 Å². The lowest BCUT2D eigenvalue weighted by Crippen LogP contribution is -2.32. The van der Waals surface area contributed by atoms with E-state index in [2.05, 4.69) is 21.2 Å². The van der Waals surface area contributed by atoms with Gasteiger partial charge in [-0.1, -0.05) is 28.1 Å². The zero-order valence-corrected chi connectivity index (χ0v) is 10.4. The zero-order valence-electron chi connectivity index (χ0n) is 8.78. The highest BCUT2D eigenvalue weighted by atomic mass is 79.9. The van der Waals surface area contributed by atoms with E-state index in [0.717, 1.165) is 0 Å². The summed E-state index contributed by atoms with van der Waals surface area (Å²) in [6.07, 6.45) is -0.897. The van der Waals surface area contributed by atoms with Crippen LogP contribution >= 0.6 is 15.9 Å². The van der Waals surface area contributed by atoms with Gasteiger partial charge < -0.3 is 10.4 Å². The number of carbonyl (C=O) groups excluding carboxylic acids is 1. The Kier molecular flexibility index (Phi) is 4.89. The lowest BCUT2D eigenvalue weighted by atomic mass is 10.1. The Morgan fingerprint density at radius 3 is 2.88 bits per heavy atom. The van der Waals surface area contributed by atoms with Crippen LogP contribution in [0.3, 0.4) is 0 Å². The molecule has 0 aliphatic carbocycles. The van der Waals surface area contributed by atoms with Crippen LogP contribution < -0.4 is 5.32 Å². The number of rotatable bonds is 4. The molecule has 0 aromatic heterocycles. The Morgan fingerprint density at radius 1 is 1.62 bits per heavy atom. The number of amides is 1. The second-order valence-corrected chi connectivity index (χ2v) is 4.81. The first kappa shape index (κ1) is 13.1. The van der Waals surface area contributed by atoms with Gasteiger partial charge in [0.2, 0.25) is 5.91 Å². The molecule has 16 heavy (non-hydrogen) atoms. The first-order chi connectivity index (χ1) is 7.50. The van der Waals surface area contributed by atoms with Gasteiger partial charge in [-0.3, -0.25) is 4.79 Å². The molecule has 0 radical (unpaired) electrons. The number of benzene rings is 1. The lowest BCUT2D eigenvalue weighted by molar-refractivity contribution is -0.120. The van der Waals surface area contributed by atoms with Crippen molar-refractivity contribution in [2.24, 2.45) is 0 Å². The van der Waals surface area contributed by atoms with E-state index in [9.17, 15) is 14.3 Å². The maximum absolute atomic E-state index is 12.8. The van der Waals surface area contributed by atoms with E-state index in [0.29, 0.717) is 5.56 Å². The molecule has 1 aromatic carbocycles. The standard InChI is InChI=1S/C11H13BrFNO2/c1-7(12)11(16)14-6-10(15)8-3-2-4-9(13)5-8/h2-5,7,10,15H,6H2,1H3,(H,14,16)/t7-,10+/m1/s1. The molecule has 0 bridgehead atoms. The maximum Gasteiger partial charge on any atom is 0.233 e. The molecule has 1 aromatic rings. The molecule has 0 saturated heterocycles. The molecule has 1 rings (SSSR count). The molecule has 0 aliphatic rings. The van der Waals surface area contributed by atoms with Gasteiger partial charge in [0.1, 0.15) is 5.82 Å². The van der Waals surface area contributed by atoms with E-state index in [4.69, 9.17) is 0 Å². The van der Waals surface area contributed by atoms with Crippen LogP contribution in [0.2, 0.25) is 0 Å². The quantitative estimate of drug-likeness (QED) is 0.830. The van der Waals surface area contributed by atoms with Crippen molar-refractivity contribution >= 4 is 21.8 Å². The van der Waals surface area contributed by atoms with E-state index < -0.39 is 11.9 Å². The normalized spacial score (nSPS) is 14.2. The number of aliphatic hydroxyl groups is 1. The summed E-state index contributed by atoms with van der Waals surface area (Å²) < 4.78 is 12.8. The molecule has 2 atom stereocenters. The fraction of sp³-hybridized carbons (Fsp3) is 0.364. The number of hydrogen-bond donors (Lipinski definition) is 2. The zero-order chi connectivity index (χ0) is 12.1. The van der Waals surface area contributed by atoms with Crippen molar-refractivity contribution in [2.45, 2.75) is 17.9 Å². The first-order valence-electron chi connectivity index (χ1n) is 4.86. The predicted octanol–water partition coefficient (Wildman–Crippen LogP) is 1.76. The maximum atomic E-state index is 12.8. The number of nitrogens with one attached hydrogen (secondary N) is 1. The van der Waals surface area contributed by atoms with Crippen LogP contribution in [-0.2, 0) is 4.79 Å². The van der Waals surface area contributed by atoms with Crippen molar-refractivity contribution in [2.75, 3.05) is 6.54 Å². The third kappa shape index (κ3) is 3.90. The fourth-order valence-electron chi connectivity index (χ4n) is 1.17. The molecule has 0 aliphatic heterocycles. The molecule has 0 spiro atoms. The lowest BCUT2D eigenvalue weighted by Gasteiger charge is -2.13. The fourth-order valence-corrected chi connectivity index (χ4v) is 1.33. The van der Waals surface area contributed by atoms with Crippen LogP contribution in [0.5, 0.6) is 0 Å². The van der Waals surface area contributed by atoms with Gasteiger partial charge in [-0.15, -0.1) is 0 Å². The average Bonchev–Trinajstić information content (AvgIpc) is 2.25. The molecule has 0 fully saturated rings. The Bertz CT molecular complexity index is 371. The van der Waals surface area contributed by atoms with Gasteiger partial charge in [-0.2, -0.15) is 0 Å². The first-order valence-corrected chi connectivity index (χ1v) is 5.77. The number of aliphatic hydroxyl groups excluding tert-OH is 1. The van der Waals surface area contributed by atoms with Crippen molar-refractivity contribution in [3.63, 3.8) is 0 Å². The summed E-state index contributed by atoms with van der Waals surface area (Å²) in [6.45, 7) is 1.75. The molecule has 5 heteroatoms. The monoisotopic (exact) mass is 289 g/mol. The Morgan fingerprint density at radius 2 is 2.31 bits per heavy atom. The number of halogens is 2. The summed E-state index contributed by atoms with van der Waals surface area (Å²) in [5.74, 6) is -0.618. The Balaban J connectivity index is 2.53. The van der Waals surface area contributed by atoms with Crippen molar-refractivity contribution in [3.8, 4) is 0 Å². The minimum Gasteiger partial charge on any atom is -0.387 e. The summed E-state index contributed by atoms with van der Waals surface area (Å²) in [5.41, 5.74) is 0.447. The second kappa shape index (κ2) is 5.96. The van der Waals surface area contributed by atoms with Crippen LogP contribution in [0, 0.1) is 5.82 Å². The molecule has 0 heterocycles. The third-order valence-electron chi connectivity index (χ3n) is 2.06. The van der Waals surface area contributed by atoms with Gasteiger partial charge >= 0.3 is 0 Å². The summed E-state index contributed by atoms with van der Waals surface area (Å²) >= 11 is 3.10. The van der Waals surface area contributed by atoms with E-state index in [-0.39, 0.29) is 17.3 Å². The van der Waals surface area contributed by atoms with Gasteiger partial charge in [0.25, 0.3) is 0 Å². The summed E-state index contributed by atoms with van der Waals surface area (Å²) in [7, 11) is 0. The number of carbonyl (C=O) groups is 1. The molecule has 0 saturated carbocycles. The third-order valence-corrected chi connectivity index (χ3v) is 2.48. The van der Waals surface area contributed by atoms with Crippen molar-refractivity contribution in [1.29, 1.82) is 0 Å². The summed E-state index contributed by atoms with van der Waals surface area (Å²) in [5, 5.41) is 12.2. The average molecular weight is 290 g/mol. The highest BCUT2D eigenvalue weighted by Crippen LogP contribution is 2.13. The number of alkyl halides is 1. The van der Waals surface area contributed by atoms with Crippen LogP contribution in [0.1, 0.15) is 18.6 Å². The van der Waals surface area contributed by atoms with E-state index in [1.807, 2.05) is 0 Å².